The van der Waals surface area contributed by atoms with Crippen molar-refractivity contribution in [3.63, 3.8) is 0 Å². The van der Waals surface area contributed by atoms with Crippen molar-refractivity contribution in [2.75, 3.05) is 0 Å². The molecule has 0 fully saturated rings. The van der Waals surface area contributed by atoms with E-state index in [1.807, 2.05) is 0 Å². The lowest BCUT2D eigenvalue weighted by molar-refractivity contribution is 0.933. The molecule has 0 amide bonds. The van der Waals surface area contributed by atoms with Crippen LogP contribution in [0.1, 0.15) is 24.0 Å². The molecular formula is C24H20. The van der Waals surface area contributed by atoms with Crippen LogP contribution in [0.4, 0.5) is 0 Å². The van der Waals surface area contributed by atoms with E-state index in [0.29, 0.717) is 5.92 Å². The zero-order chi connectivity index (χ0) is 16.4. The zero-order valence-corrected chi connectivity index (χ0v) is 13.8. The minimum atomic E-state index is 0.376. The Bertz CT molecular complexity index is 945. The quantitative estimate of drug-likeness (QED) is 0.397. The smallest absolute Gasteiger partial charge is 0.00671 e. The monoisotopic (exact) mass is 308 g/mol. The molecule has 0 aromatic heterocycles. The van der Waals surface area contributed by atoms with Gasteiger partial charge in [0.15, 0.2) is 0 Å². The number of benzene rings is 4. The molecule has 0 aliphatic carbocycles. The molecule has 1 atom stereocenters. The Morgan fingerprint density at radius 3 is 1.96 bits per heavy atom. The van der Waals surface area contributed by atoms with Crippen LogP contribution in [0.3, 0.4) is 0 Å². The van der Waals surface area contributed by atoms with Gasteiger partial charge in [0.05, 0.1) is 0 Å². The summed E-state index contributed by atoms with van der Waals surface area (Å²) in [6, 6.07) is 34.7. The average molecular weight is 308 g/mol. The molecule has 0 nitrogen and oxygen atoms in total. The largest absolute Gasteiger partial charge is 0.0622 e. The molecule has 0 radical (unpaired) electrons. The summed E-state index contributed by atoms with van der Waals surface area (Å²) in [5, 5.41) is 2.65. The number of rotatable bonds is 3. The molecule has 0 spiro atoms. The van der Waals surface area contributed by atoms with Gasteiger partial charge in [-0.2, -0.15) is 0 Å². The molecule has 4 rings (SSSR count). The fourth-order valence-corrected chi connectivity index (χ4v) is 3.40. The van der Waals surface area contributed by atoms with Gasteiger partial charge in [-0.3, -0.25) is 0 Å². The summed E-state index contributed by atoms with van der Waals surface area (Å²) in [6.07, 6.45) is 0. The Labute approximate surface area is 143 Å². The molecule has 0 unspecified atom stereocenters. The van der Waals surface area contributed by atoms with E-state index in [2.05, 4.69) is 104 Å². The molecule has 24 heavy (non-hydrogen) atoms. The summed E-state index contributed by atoms with van der Waals surface area (Å²) in [4.78, 5) is 0. The third-order valence-electron chi connectivity index (χ3n) is 4.81. The van der Waals surface area contributed by atoms with E-state index in [1.54, 1.807) is 0 Å². The van der Waals surface area contributed by atoms with Gasteiger partial charge >= 0.3 is 0 Å². The molecule has 116 valence electrons. The van der Waals surface area contributed by atoms with E-state index in [9.17, 15) is 0 Å². The topological polar surface area (TPSA) is 0 Å². The fraction of sp³-hybridized carbons (Fsp3) is 0.0833. The molecule has 4 aromatic carbocycles. The Balaban J connectivity index is 1.70. The summed E-state index contributed by atoms with van der Waals surface area (Å²) in [5.74, 6) is 0.376. The van der Waals surface area contributed by atoms with Gasteiger partial charge in [-0.15, -0.1) is 0 Å². The van der Waals surface area contributed by atoms with Gasteiger partial charge in [0, 0.05) is 5.92 Å². The highest BCUT2D eigenvalue weighted by atomic mass is 14.2. The van der Waals surface area contributed by atoms with Crippen molar-refractivity contribution >= 4 is 10.8 Å². The zero-order valence-electron chi connectivity index (χ0n) is 13.8. The fourth-order valence-electron chi connectivity index (χ4n) is 3.40. The minimum absolute atomic E-state index is 0.376. The average Bonchev–Trinajstić information content (AvgIpc) is 2.68. The third kappa shape index (κ3) is 2.72. The molecule has 0 bridgehead atoms. The lowest BCUT2D eigenvalue weighted by atomic mass is 9.88. The molecule has 0 aliphatic rings. The summed E-state index contributed by atoms with van der Waals surface area (Å²) < 4.78 is 0. The maximum atomic E-state index is 2.29. The van der Waals surface area contributed by atoms with E-state index in [-0.39, 0.29) is 0 Å². The van der Waals surface area contributed by atoms with Gasteiger partial charge in [0.2, 0.25) is 0 Å². The van der Waals surface area contributed by atoms with E-state index in [0.717, 1.165) is 0 Å². The van der Waals surface area contributed by atoms with E-state index >= 15 is 0 Å². The predicted octanol–water partition coefficient (Wildman–Crippen LogP) is 6.66. The van der Waals surface area contributed by atoms with Crippen LogP contribution in [0.25, 0.3) is 21.9 Å². The SMILES string of the molecule is C[C@H](c1ccc(-c2ccccc2)cc1)c1cccc2ccccc12. The van der Waals surface area contributed by atoms with Crippen LogP contribution < -0.4 is 0 Å². The molecule has 0 heterocycles. The highest BCUT2D eigenvalue weighted by Crippen LogP contribution is 2.31. The molecule has 0 saturated heterocycles. The second-order valence-corrected chi connectivity index (χ2v) is 6.28. The minimum Gasteiger partial charge on any atom is -0.0622 e. The Hall–Kier alpha value is -2.86. The van der Waals surface area contributed by atoms with Crippen LogP contribution in [0.2, 0.25) is 0 Å². The van der Waals surface area contributed by atoms with E-state index < -0.39 is 0 Å². The van der Waals surface area contributed by atoms with Crippen LogP contribution in [0.15, 0.2) is 97.1 Å². The maximum Gasteiger partial charge on any atom is 0.00671 e. The Kier molecular flexibility index (Phi) is 3.88. The molecule has 0 heteroatoms. The van der Waals surface area contributed by atoms with E-state index in [4.69, 9.17) is 0 Å². The molecular weight excluding hydrogens is 288 g/mol. The van der Waals surface area contributed by atoms with Crippen molar-refractivity contribution in [2.24, 2.45) is 0 Å². The van der Waals surface area contributed by atoms with Crippen molar-refractivity contribution in [3.05, 3.63) is 108 Å². The summed E-state index contributed by atoms with van der Waals surface area (Å²) >= 11 is 0. The first kappa shape index (κ1) is 14.7. The predicted molar refractivity (Wildman–Crippen MR) is 103 cm³/mol. The van der Waals surface area contributed by atoms with Gasteiger partial charge in [-0.05, 0) is 33.0 Å². The van der Waals surface area contributed by atoms with Crippen LogP contribution in [0.5, 0.6) is 0 Å². The molecule has 0 saturated carbocycles. The summed E-state index contributed by atoms with van der Waals surface area (Å²) in [5.41, 5.74) is 5.28. The second-order valence-electron chi connectivity index (χ2n) is 6.28. The molecule has 4 aromatic rings. The number of fused-ring (bicyclic) bond motifs is 1. The van der Waals surface area contributed by atoms with Gasteiger partial charge < -0.3 is 0 Å². The van der Waals surface area contributed by atoms with Crippen molar-refractivity contribution in [3.8, 4) is 11.1 Å². The second kappa shape index (κ2) is 6.33. The van der Waals surface area contributed by atoms with Crippen molar-refractivity contribution < 1.29 is 0 Å². The molecule has 0 N–H and O–H groups in total. The van der Waals surface area contributed by atoms with Crippen LogP contribution in [-0.2, 0) is 0 Å². The Morgan fingerprint density at radius 2 is 1.17 bits per heavy atom. The van der Waals surface area contributed by atoms with E-state index in [1.165, 1.54) is 33.0 Å². The highest BCUT2D eigenvalue weighted by molar-refractivity contribution is 5.86. The number of hydrogen-bond acceptors (Lipinski definition) is 0. The summed E-state index contributed by atoms with van der Waals surface area (Å²) in [6.45, 7) is 2.29. The summed E-state index contributed by atoms with van der Waals surface area (Å²) in [7, 11) is 0. The first-order valence-corrected chi connectivity index (χ1v) is 8.46. The van der Waals surface area contributed by atoms with Gasteiger partial charge in [0.25, 0.3) is 0 Å². The lowest BCUT2D eigenvalue weighted by Gasteiger charge is -2.16. The third-order valence-corrected chi connectivity index (χ3v) is 4.81. The van der Waals surface area contributed by atoms with Gasteiger partial charge in [-0.25, -0.2) is 0 Å². The lowest BCUT2D eigenvalue weighted by Crippen LogP contribution is -1.97. The normalized spacial score (nSPS) is 12.2. The number of hydrogen-bond donors (Lipinski definition) is 0. The Morgan fingerprint density at radius 1 is 0.542 bits per heavy atom. The van der Waals surface area contributed by atoms with Gasteiger partial charge in [0.1, 0.15) is 0 Å². The van der Waals surface area contributed by atoms with Crippen molar-refractivity contribution in [2.45, 2.75) is 12.8 Å². The first-order valence-electron chi connectivity index (χ1n) is 8.46. The van der Waals surface area contributed by atoms with Gasteiger partial charge in [-0.1, -0.05) is 104 Å². The van der Waals surface area contributed by atoms with Crippen molar-refractivity contribution in [1.82, 2.24) is 0 Å². The highest BCUT2D eigenvalue weighted by Gasteiger charge is 2.11. The maximum absolute atomic E-state index is 2.29. The van der Waals surface area contributed by atoms with Crippen molar-refractivity contribution in [1.29, 1.82) is 0 Å². The van der Waals surface area contributed by atoms with Crippen LogP contribution >= 0.6 is 0 Å². The molecule has 0 aliphatic heterocycles. The van der Waals surface area contributed by atoms with Crippen LogP contribution in [0, 0.1) is 0 Å². The standard InChI is InChI=1S/C24H20/c1-18(23-13-7-11-22-10-5-6-12-24(22)23)19-14-16-21(17-15-19)20-8-3-2-4-9-20/h2-18H,1H3/t18-/m1/s1. The first-order chi connectivity index (χ1) is 11.8. The van der Waals surface area contributed by atoms with Crippen LogP contribution in [-0.4, -0.2) is 0 Å².